The van der Waals surface area contributed by atoms with Crippen LogP contribution in [0.3, 0.4) is 0 Å². The summed E-state index contributed by atoms with van der Waals surface area (Å²) in [6, 6.07) is 9.89. The van der Waals surface area contributed by atoms with Crippen LogP contribution in [0.5, 0.6) is 0 Å². The van der Waals surface area contributed by atoms with Crippen molar-refractivity contribution in [2.45, 2.75) is 46.3 Å². The number of nitrogens with one attached hydrogen (secondary N) is 1. The number of benzene rings is 1. The number of hydrogen-bond acceptors (Lipinski definition) is 3. The van der Waals surface area contributed by atoms with Crippen LogP contribution in [0.2, 0.25) is 0 Å². The molecule has 23 heavy (non-hydrogen) atoms. The zero-order valence-corrected chi connectivity index (χ0v) is 15.8. The number of hydrogen-bond donors (Lipinski definition) is 1. The Kier molecular flexibility index (Phi) is 8.29. The van der Waals surface area contributed by atoms with Gasteiger partial charge in [0.15, 0.2) is 0 Å². The van der Waals surface area contributed by atoms with Crippen molar-refractivity contribution < 1.29 is 9.53 Å². The van der Waals surface area contributed by atoms with Crippen LogP contribution < -0.4 is 5.32 Å². The second-order valence-corrected chi connectivity index (χ2v) is 7.26. The Labute approximate surface area is 147 Å². The monoisotopic (exact) mass is 380 g/mol. The molecular formula is C18H25BrN2O2. The predicted octanol–water partition coefficient (Wildman–Crippen LogP) is 4.22. The van der Waals surface area contributed by atoms with Gasteiger partial charge in [0.2, 0.25) is 5.91 Å². The maximum Gasteiger partial charge on any atom is 0.249 e. The van der Waals surface area contributed by atoms with E-state index < -0.39 is 6.10 Å². The van der Waals surface area contributed by atoms with Gasteiger partial charge in [0.25, 0.3) is 0 Å². The molecule has 0 aliphatic heterocycles. The number of rotatable bonds is 8. The quantitative estimate of drug-likeness (QED) is 0.686. The minimum absolute atomic E-state index is 0.00141. The lowest BCUT2D eigenvalue weighted by atomic mass is 9.97. The third-order valence-electron chi connectivity index (χ3n) is 3.43. The molecule has 0 aliphatic carbocycles. The highest BCUT2D eigenvalue weighted by Gasteiger charge is 2.27. The van der Waals surface area contributed by atoms with E-state index in [1.165, 1.54) is 0 Å². The molecule has 1 N–H and O–H groups in total. The molecule has 0 aliphatic rings. The summed E-state index contributed by atoms with van der Waals surface area (Å²) in [4.78, 5) is 12.3. The molecular weight excluding hydrogens is 356 g/mol. The lowest BCUT2D eigenvalue weighted by Gasteiger charge is -2.28. The van der Waals surface area contributed by atoms with E-state index in [-0.39, 0.29) is 24.5 Å². The van der Waals surface area contributed by atoms with Gasteiger partial charge in [-0.25, -0.2) is 0 Å². The number of carbonyl (C=O) groups excluding carboxylic acids is 1. The zero-order chi connectivity index (χ0) is 17.4. The Morgan fingerprint density at radius 1 is 1.26 bits per heavy atom. The van der Waals surface area contributed by atoms with Gasteiger partial charge in [0.05, 0.1) is 12.2 Å². The molecule has 5 heteroatoms. The van der Waals surface area contributed by atoms with E-state index in [4.69, 9.17) is 10.00 Å². The number of halogens is 1. The van der Waals surface area contributed by atoms with Crippen molar-refractivity contribution in [2.24, 2.45) is 11.8 Å². The fourth-order valence-corrected chi connectivity index (χ4v) is 2.61. The number of ether oxygens (including phenoxy) is 1. The van der Waals surface area contributed by atoms with Crippen molar-refractivity contribution >= 4 is 21.8 Å². The molecule has 1 aromatic carbocycles. The molecule has 0 saturated carbocycles. The number of nitrogens with zero attached hydrogens (tertiary/aromatic N) is 1. The average Bonchev–Trinajstić information content (AvgIpc) is 2.49. The van der Waals surface area contributed by atoms with Crippen LogP contribution in [0.15, 0.2) is 28.7 Å². The summed E-state index contributed by atoms with van der Waals surface area (Å²) in [5.74, 6) is 0.336. The lowest BCUT2D eigenvalue weighted by molar-refractivity contribution is -0.140. The van der Waals surface area contributed by atoms with Gasteiger partial charge in [0, 0.05) is 4.47 Å². The van der Waals surface area contributed by atoms with Crippen LogP contribution in [0.4, 0.5) is 0 Å². The first kappa shape index (κ1) is 19.7. The van der Waals surface area contributed by atoms with Crippen LogP contribution in [0.25, 0.3) is 0 Å². The number of carbonyl (C=O) groups is 1. The molecule has 0 aromatic heterocycles. The van der Waals surface area contributed by atoms with Crippen LogP contribution in [0, 0.1) is 23.2 Å². The van der Waals surface area contributed by atoms with Crippen LogP contribution in [-0.4, -0.2) is 18.6 Å². The summed E-state index contributed by atoms with van der Waals surface area (Å²) in [6.45, 7) is 8.26. The molecule has 0 spiro atoms. The summed E-state index contributed by atoms with van der Waals surface area (Å²) in [5.41, 5.74) is 1.05. The van der Waals surface area contributed by atoms with Gasteiger partial charge >= 0.3 is 0 Å². The summed E-state index contributed by atoms with van der Waals surface area (Å²) < 4.78 is 7.18. The Bertz CT molecular complexity index is 535. The summed E-state index contributed by atoms with van der Waals surface area (Å²) in [6.07, 6.45) is -0.101. The Morgan fingerprint density at radius 3 is 2.35 bits per heavy atom. The molecule has 2 atom stereocenters. The number of nitriles is 1. The molecule has 1 amide bonds. The van der Waals surface area contributed by atoms with Crippen molar-refractivity contribution in [3.8, 4) is 6.07 Å². The molecule has 1 aromatic rings. The first-order valence-corrected chi connectivity index (χ1v) is 8.70. The molecule has 1 unspecified atom stereocenters. The smallest absolute Gasteiger partial charge is 0.249 e. The van der Waals surface area contributed by atoms with E-state index in [0.717, 1.165) is 10.0 Å². The fourth-order valence-electron chi connectivity index (χ4n) is 2.34. The van der Waals surface area contributed by atoms with E-state index in [1.807, 2.05) is 30.3 Å². The molecule has 0 bridgehead atoms. The molecule has 4 nitrogen and oxygen atoms in total. The van der Waals surface area contributed by atoms with Gasteiger partial charge < -0.3 is 10.1 Å². The van der Waals surface area contributed by atoms with Gasteiger partial charge in [-0.3, -0.25) is 4.79 Å². The van der Waals surface area contributed by atoms with Crippen molar-refractivity contribution in [3.63, 3.8) is 0 Å². The Balaban J connectivity index is 2.93. The first-order valence-electron chi connectivity index (χ1n) is 7.90. The van der Waals surface area contributed by atoms with E-state index in [0.29, 0.717) is 12.3 Å². The van der Waals surface area contributed by atoms with Gasteiger partial charge in [-0.15, -0.1) is 0 Å². The largest absolute Gasteiger partial charge is 0.360 e. The first-order chi connectivity index (χ1) is 10.8. The summed E-state index contributed by atoms with van der Waals surface area (Å²) in [5, 5.41) is 11.3. The fraction of sp³-hybridized carbons (Fsp3) is 0.556. The van der Waals surface area contributed by atoms with Gasteiger partial charge in [-0.1, -0.05) is 55.8 Å². The van der Waals surface area contributed by atoms with Crippen molar-refractivity contribution in [1.29, 1.82) is 5.26 Å². The summed E-state index contributed by atoms with van der Waals surface area (Å²) in [7, 11) is 0. The van der Waals surface area contributed by atoms with Crippen molar-refractivity contribution in [2.75, 3.05) is 6.54 Å². The average molecular weight is 381 g/mol. The van der Waals surface area contributed by atoms with Crippen LogP contribution in [-0.2, 0) is 9.53 Å². The topological polar surface area (TPSA) is 62.1 Å². The molecule has 0 fully saturated rings. The molecule has 0 saturated heterocycles. The SMILES string of the molecule is CC(C)C[C@H](OC(c1ccc(Br)cc1)C(C)C)C(=O)NCC#N. The third kappa shape index (κ3) is 6.72. The molecule has 0 heterocycles. The van der Waals surface area contributed by atoms with E-state index in [2.05, 4.69) is 48.9 Å². The minimum atomic E-state index is -0.556. The maximum absolute atomic E-state index is 12.3. The Hall–Kier alpha value is -1.38. The predicted molar refractivity (Wildman–Crippen MR) is 94.7 cm³/mol. The van der Waals surface area contributed by atoms with E-state index in [9.17, 15) is 4.79 Å². The third-order valence-corrected chi connectivity index (χ3v) is 3.96. The number of amides is 1. The van der Waals surface area contributed by atoms with E-state index in [1.54, 1.807) is 0 Å². The highest BCUT2D eigenvalue weighted by atomic mass is 79.9. The van der Waals surface area contributed by atoms with E-state index >= 15 is 0 Å². The Morgan fingerprint density at radius 2 is 1.87 bits per heavy atom. The van der Waals surface area contributed by atoms with Gasteiger partial charge in [-0.05, 0) is 36.0 Å². The van der Waals surface area contributed by atoms with Gasteiger partial charge in [0.1, 0.15) is 12.6 Å². The normalized spacial score (nSPS) is 13.7. The molecule has 0 radical (unpaired) electrons. The summed E-state index contributed by atoms with van der Waals surface area (Å²) >= 11 is 3.43. The van der Waals surface area contributed by atoms with Crippen LogP contribution in [0.1, 0.15) is 45.8 Å². The van der Waals surface area contributed by atoms with Gasteiger partial charge in [-0.2, -0.15) is 5.26 Å². The maximum atomic E-state index is 12.3. The molecule has 126 valence electrons. The van der Waals surface area contributed by atoms with Crippen LogP contribution >= 0.6 is 15.9 Å². The lowest BCUT2D eigenvalue weighted by Crippen LogP contribution is -2.39. The standard InChI is InChI=1S/C18H25BrN2O2/c1-12(2)11-16(18(22)21-10-9-20)23-17(13(3)4)14-5-7-15(19)8-6-14/h5-8,12-13,16-17H,10-11H2,1-4H3,(H,21,22)/t16-,17?/m0/s1. The highest BCUT2D eigenvalue weighted by Crippen LogP contribution is 2.29. The van der Waals surface area contributed by atoms with Crippen molar-refractivity contribution in [1.82, 2.24) is 5.32 Å². The zero-order valence-electron chi connectivity index (χ0n) is 14.2. The van der Waals surface area contributed by atoms with Crippen molar-refractivity contribution in [3.05, 3.63) is 34.3 Å². The highest BCUT2D eigenvalue weighted by molar-refractivity contribution is 9.10. The molecule has 1 rings (SSSR count). The second kappa shape index (κ2) is 9.69. The minimum Gasteiger partial charge on any atom is -0.360 e. The second-order valence-electron chi connectivity index (χ2n) is 6.35.